The lowest BCUT2D eigenvalue weighted by Gasteiger charge is -2.31. The summed E-state index contributed by atoms with van der Waals surface area (Å²) < 4.78 is 0. The molecule has 2 N–H and O–H groups in total. The molecule has 0 heterocycles. The van der Waals surface area contributed by atoms with Crippen LogP contribution >= 0.6 is 0 Å². The van der Waals surface area contributed by atoms with Crippen LogP contribution in [0.5, 0.6) is 0 Å². The summed E-state index contributed by atoms with van der Waals surface area (Å²) >= 11 is 0. The summed E-state index contributed by atoms with van der Waals surface area (Å²) in [5, 5.41) is 18.2. The van der Waals surface area contributed by atoms with Gasteiger partial charge in [0.25, 0.3) is 0 Å². The SMILES string of the molecule is O=C(O)[C@H]1CC(c2ccccc2)CC[C@H]1C(=O)O. The average Bonchev–Trinajstić information content (AvgIpc) is 2.39. The molecule has 1 aliphatic carbocycles. The highest BCUT2D eigenvalue weighted by Crippen LogP contribution is 2.39. The average molecular weight is 248 g/mol. The van der Waals surface area contributed by atoms with E-state index in [2.05, 4.69) is 0 Å². The van der Waals surface area contributed by atoms with Crippen molar-refractivity contribution in [1.82, 2.24) is 0 Å². The third-order valence-corrected chi connectivity index (χ3v) is 3.76. The van der Waals surface area contributed by atoms with Gasteiger partial charge in [-0.3, -0.25) is 9.59 Å². The van der Waals surface area contributed by atoms with Crippen LogP contribution in [0.1, 0.15) is 30.7 Å². The van der Waals surface area contributed by atoms with Gasteiger partial charge in [-0.2, -0.15) is 0 Å². The largest absolute Gasteiger partial charge is 0.481 e. The van der Waals surface area contributed by atoms with Crippen LogP contribution in [0, 0.1) is 11.8 Å². The van der Waals surface area contributed by atoms with E-state index in [0.29, 0.717) is 12.8 Å². The van der Waals surface area contributed by atoms with E-state index in [1.165, 1.54) is 0 Å². The molecule has 0 aromatic heterocycles. The maximum atomic E-state index is 11.2. The topological polar surface area (TPSA) is 74.6 Å². The van der Waals surface area contributed by atoms with Gasteiger partial charge in [0.1, 0.15) is 0 Å². The smallest absolute Gasteiger partial charge is 0.307 e. The maximum Gasteiger partial charge on any atom is 0.307 e. The molecule has 1 aromatic rings. The van der Waals surface area contributed by atoms with Gasteiger partial charge in [-0.1, -0.05) is 30.3 Å². The molecule has 1 saturated carbocycles. The van der Waals surface area contributed by atoms with E-state index in [4.69, 9.17) is 10.2 Å². The zero-order valence-corrected chi connectivity index (χ0v) is 9.95. The summed E-state index contributed by atoms with van der Waals surface area (Å²) in [7, 11) is 0. The first-order valence-electron chi connectivity index (χ1n) is 6.10. The minimum atomic E-state index is -0.997. The highest BCUT2D eigenvalue weighted by atomic mass is 16.4. The fourth-order valence-electron chi connectivity index (χ4n) is 2.77. The standard InChI is InChI=1S/C14H16O4/c15-13(16)11-7-6-10(8-12(11)14(17)18)9-4-2-1-3-5-9/h1-5,10-12H,6-8H2,(H,15,16)(H,17,18)/t10?,11-,12+/m1/s1. The van der Waals surface area contributed by atoms with Crippen LogP contribution in [0.25, 0.3) is 0 Å². The van der Waals surface area contributed by atoms with E-state index in [1.54, 1.807) is 0 Å². The van der Waals surface area contributed by atoms with E-state index >= 15 is 0 Å². The zero-order valence-electron chi connectivity index (χ0n) is 9.95. The molecular weight excluding hydrogens is 232 g/mol. The van der Waals surface area contributed by atoms with E-state index in [1.807, 2.05) is 30.3 Å². The first kappa shape index (κ1) is 12.6. The van der Waals surface area contributed by atoms with Gasteiger partial charge < -0.3 is 10.2 Å². The number of hydrogen-bond donors (Lipinski definition) is 2. The van der Waals surface area contributed by atoms with E-state index < -0.39 is 23.8 Å². The van der Waals surface area contributed by atoms with Crippen molar-refractivity contribution in [2.24, 2.45) is 11.8 Å². The predicted molar refractivity (Wildman–Crippen MR) is 65.3 cm³/mol. The summed E-state index contributed by atoms with van der Waals surface area (Å²) in [6.45, 7) is 0. The molecule has 0 amide bonds. The monoisotopic (exact) mass is 248 g/mol. The molecule has 1 aliphatic rings. The van der Waals surface area contributed by atoms with Gasteiger partial charge in [-0.15, -0.1) is 0 Å². The summed E-state index contributed by atoms with van der Waals surface area (Å²) in [6.07, 6.45) is 1.59. The molecular formula is C14H16O4. The van der Waals surface area contributed by atoms with Crippen molar-refractivity contribution in [3.8, 4) is 0 Å². The van der Waals surface area contributed by atoms with Crippen LogP contribution in [0.4, 0.5) is 0 Å². The minimum Gasteiger partial charge on any atom is -0.481 e. The third-order valence-electron chi connectivity index (χ3n) is 3.76. The first-order valence-corrected chi connectivity index (χ1v) is 6.10. The van der Waals surface area contributed by atoms with Gasteiger partial charge in [0.05, 0.1) is 11.8 Å². The molecule has 0 spiro atoms. The van der Waals surface area contributed by atoms with Crippen LogP contribution in [0.15, 0.2) is 30.3 Å². The van der Waals surface area contributed by atoms with E-state index in [9.17, 15) is 9.59 Å². The molecule has 4 heteroatoms. The Balaban J connectivity index is 2.16. The van der Waals surface area contributed by atoms with Crippen molar-refractivity contribution in [2.45, 2.75) is 25.2 Å². The Morgan fingerprint density at radius 2 is 1.56 bits per heavy atom. The number of carbonyl (C=O) groups is 2. The van der Waals surface area contributed by atoms with Crippen LogP contribution in [-0.2, 0) is 9.59 Å². The summed E-state index contributed by atoms with van der Waals surface area (Å²) in [6, 6.07) is 9.72. The Kier molecular flexibility index (Phi) is 3.65. The van der Waals surface area contributed by atoms with Gasteiger partial charge in [-0.25, -0.2) is 0 Å². The van der Waals surface area contributed by atoms with Gasteiger partial charge in [-0.05, 0) is 30.7 Å². The number of carboxylic acids is 2. The van der Waals surface area contributed by atoms with Gasteiger partial charge in [0.2, 0.25) is 0 Å². The molecule has 3 atom stereocenters. The third kappa shape index (κ3) is 2.53. The number of rotatable bonds is 3. The van der Waals surface area contributed by atoms with Crippen LogP contribution < -0.4 is 0 Å². The molecule has 18 heavy (non-hydrogen) atoms. The van der Waals surface area contributed by atoms with Crippen LogP contribution in [-0.4, -0.2) is 22.2 Å². The zero-order chi connectivity index (χ0) is 13.1. The first-order chi connectivity index (χ1) is 8.59. The fourth-order valence-corrected chi connectivity index (χ4v) is 2.77. The number of hydrogen-bond acceptors (Lipinski definition) is 2. The van der Waals surface area contributed by atoms with Crippen LogP contribution in [0.2, 0.25) is 0 Å². The molecule has 0 bridgehead atoms. The van der Waals surface area contributed by atoms with E-state index in [-0.39, 0.29) is 5.92 Å². The number of aliphatic carboxylic acids is 2. The van der Waals surface area contributed by atoms with Crippen molar-refractivity contribution in [3.05, 3.63) is 35.9 Å². The quantitative estimate of drug-likeness (QED) is 0.861. The molecule has 1 fully saturated rings. The molecule has 1 unspecified atom stereocenters. The Morgan fingerprint density at radius 3 is 2.11 bits per heavy atom. The lowest BCUT2D eigenvalue weighted by molar-refractivity contribution is -0.155. The Hall–Kier alpha value is -1.84. The molecule has 0 radical (unpaired) electrons. The Labute approximate surface area is 105 Å². The molecule has 0 saturated heterocycles. The van der Waals surface area contributed by atoms with Gasteiger partial charge in [0, 0.05) is 0 Å². The molecule has 4 nitrogen and oxygen atoms in total. The molecule has 0 aliphatic heterocycles. The fraction of sp³-hybridized carbons (Fsp3) is 0.429. The molecule has 96 valence electrons. The summed E-state index contributed by atoms with van der Waals surface area (Å²) in [5.41, 5.74) is 1.10. The van der Waals surface area contributed by atoms with Crippen LogP contribution in [0.3, 0.4) is 0 Å². The number of benzene rings is 1. The second-order valence-corrected chi connectivity index (χ2v) is 4.81. The second-order valence-electron chi connectivity index (χ2n) is 4.81. The van der Waals surface area contributed by atoms with E-state index in [0.717, 1.165) is 12.0 Å². The normalized spacial score (nSPS) is 27.7. The molecule has 2 rings (SSSR count). The van der Waals surface area contributed by atoms with Crippen molar-refractivity contribution in [3.63, 3.8) is 0 Å². The number of carboxylic acid groups (broad SMARTS) is 2. The Morgan fingerprint density at radius 1 is 0.944 bits per heavy atom. The summed E-state index contributed by atoms with van der Waals surface area (Å²) in [5.74, 6) is -3.36. The maximum absolute atomic E-state index is 11.2. The highest BCUT2D eigenvalue weighted by Gasteiger charge is 2.39. The van der Waals surface area contributed by atoms with Gasteiger partial charge >= 0.3 is 11.9 Å². The Bertz CT molecular complexity index is 440. The van der Waals surface area contributed by atoms with Gasteiger partial charge in [0.15, 0.2) is 0 Å². The highest BCUT2D eigenvalue weighted by molar-refractivity contribution is 5.80. The summed E-state index contributed by atoms with van der Waals surface area (Å²) in [4.78, 5) is 22.2. The second kappa shape index (κ2) is 5.21. The van der Waals surface area contributed by atoms with Crippen molar-refractivity contribution in [1.29, 1.82) is 0 Å². The molecule has 1 aromatic carbocycles. The van der Waals surface area contributed by atoms with Crippen molar-refractivity contribution < 1.29 is 19.8 Å². The lowest BCUT2D eigenvalue weighted by Crippen LogP contribution is -2.35. The van der Waals surface area contributed by atoms with Crippen molar-refractivity contribution >= 4 is 11.9 Å². The predicted octanol–water partition coefficient (Wildman–Crippen LogP) is 2.36. The minimum absolute atomic E-state index is 0.155. The lowest BCUT2D eigenvalue weighted by atomic mass is 9.72. The van der Waals surface area contributed by atoms with Crippen molar-refractivity contribution in [2.75, 3.05) is 0 Å².